The molecule has 0 aromatic rings. The van der Waals surface area contributed by atoms with Gasteiger partial charge in [0.25, 0.3) is 5.91 Å². The van der Waals surface area contributed by atoms with Gasteiger partial charge in [0.15, 0.2) is 0 Å². The highest BCUT2D eigenvalue weighted by molar-refractivity contribution is 6.02. The highest BCUT2D eigenvalue weighted by Crippen LogP contribution is 1.92. The van der Waals surface area contributed by atoms with Crippen molar-refractivity contribution >= 4 is 17.9 Å². The van der Waals surface area contributed by atoms with Gasteiger partial charge in [-0.3, -0.25) is 10.1 Å². The molecule has 0 unspecified atom stereocenters. The van der Waals surface area contributed by atoms with Gasteiger partial charge in [0.2, 0.25) is 0 Å². The zero-order chi connectivity index (χ0) is 13.3. The van der Waals surface area contributed by atoms with E-state index < -0.39 is 17.9 Å². The molecule has 0 radical (unpaired) electrons. The number of imide groups is 1. The normalized spacial score (nSPS) is 9.65. The zero-order valence-electron chi connectivity index (χ0n) is 9.47. The molecule has 6 heteroatoms. The molecular weight excluding hydrogens is 224 g/mol. The summed E-state index contributed by atoms with van der Waals surface area (Å²) < 4.78 is 0. The Hall–Kier alpha value is -2.29. The van der Waals surface area contributed by atoms with Crippen LogP contribution in [0.2, 0.25) is 0 Å². The predicted octanol–water partition coefficient (Wildman–Crippen LogP) is 0.209. The van der Waals surface area contributed by atoms with Crippen molar-refractivity contribution in [1.82, 2.24) is 10.2 Å². The van der Waals surface area contributed by atoms with Crippen molar-refractivity contribution in [2.45, 2.75) is 13.3 Å². The van der Waals surface area contributed by atoms with Gasteiger partial charge in [-0.05, 0) is 6.42 Å². The van der Waals surface area contributed by atoms with Crippen molar-refractivity contribution in [3.05, 3.63) is 12.2 Å². The summed E-state index contributed by atoms with van der Waals surface area (Å²) in [7, 11) is 0. The van der Waals surface area contributed by atoms with Crippen LogP contribution < -0.4 is 5.32 Å². The Morgan fingerprint density at radius 3 is 2.53 bits per heavy atom. The molecule has 0 aromatic carbocycles. The molecule has 2 N–H and O–H groups in total. The molecule has 0 aliphatic rings. The minimum Gasteiger partial charge on any atom is -0.478 e. The van der Waals surface area contributed by atoms with Gasteiger partial charge in [0.1, 0.15) is 0 Å². The predicted molar refractivity (Wildman–Crippen MR) is 61.0 cm³/mol. The van der Waals surface area contributed by atoms with Crippen molar-refractivity contribution in [3.8, 4) is 12.3 Å². The molecule has 0 aliphatic carbocycles. The van der Waals surface area contributed by atoms with Crippen molar-refractivity contribution in [3.63, 3.8) is 0 Å². The number of aliphatic carboxylic acids is 1. The van der Waals surface area contributed by atoms with Gasteiger partial charge in [0.05, 0.1) is 6.54 Å². The smallest absolute Gasteiger partial charge is 0.328 e. The van der Waals surface area contributed by atoms with E-state index in [0.717, 1.165) is 6.08 Å². The van der Waals surface area contributed by atoms with Crippen LogP contribution in [0.3, 0.4) is 0 Å². The van der Waals surface area contributed by atoms with Gasteiger partial charge in [-0.1, -0.05) is 12.8 Å². The number of urea groups is 1. The molecule has 0 spiro atoms. The summed E-state index contributed by atoms with van der Waals surface area (Å²) in [5, 5.41) is 10.3. The molecule has 92 valence electrons. The van der Waals surface area contributed by atoms with E-state index in [2.05, 4.69) is 5.92 Å². The highest BCUT2D eigenvalue weighted by Gasteiger charge is 2.12. The average molecular weight is 238 g/mol. The second-order valence-electron chi connectivity index (χ2n) is 3.09. The number of amides is 3. The van der Waals surface area contributed by atoms with Crippen molar-refractivity contribution in [2.75, 3.05) is 13.1 Å². The quantitative estimate of drug-likeness (QED) is 0.529. The van der Waals surface area contributed by atoms with Crippen LogP contribution in [0.15, 0.2) is 12.2 Å². The first-order chi connectivity index (χ1) is 8.01. The molecule has 0 heterocycles. The standard InChI is InChI=1S/C11H14N2O4/c1-3-7-13(8-4-2)11(17)12-9(14)5-6-10(15)16/h1,5-6H,4,7-8H2,2H3,(H,15,16)(H,12,14,17)/b6-5+. The van der Waals surface area contributed by atoms with Crippen molar-refractivity contribution in [1.29, 1.82) is 0 Å². The largest absolute Gasteiger partial charge is 0.478 e. The fraction of sp³-hybridized carbons (Fsp3) is 0.364. The van der Waals surface area contributed by atoms with Crippen LogP contribution in [-0.2, 0) is 9.59 Å². The minimum absolute atomic E-state index is 0.0929. The summed E-state index contributed by atoms with van der Waals surface area (Å²) in [5.74, 6) is 0.240. The van der Waals surface area contributed by atoms with Crippen molar-refractivity contribution in [2.24, 2.45) is 0 Å². The number of terminal acetylenes is 1. The Morgan fingerprint density at radius 1 is 1.41 bits per heavy atom. The topological polar surface area (TPSA) is 86.7 Å². The van der Waals surface area contributed by atoms with Crippen LogP contribution in [0, 0.1) is 12.3 Å². The molecule has 0 fully saturated rings. The third kappa shape index (κ3) is 6.73. The Labute approximate surface area is 99.3 Å². The molecule has 0 aromatic heterocycles. The SMILES string of the molecule is C#CCN(CCC)C(=O)NC(=O)/C=C/C(=O)O. The minimum atomic E-state index is -1.26. The number of carboxylic acids is 1. The Bertz CT molecular complexity index is 368. The summed E-state index contributed by atoms with van der Waals surface area (Å²) in [5.41, 5.74) is 0. The molecule has 0 rings (SSSR count). The number of nitrogens with zero attached hydrogens (tertiary/aromatic N) is 1. The van der Waals surface area contributed by atoms with E-state index in [4.69, 9.17) is 11.5 Å². The molecule has 17 heavy (non-hydrogen) atoms. The molecule has 0 saturated heterocycles. The lowest BCUT2D eigenvalue weighted by atomic mass is 10.4. The monoisotopic (exact) mass is 238 g/mol. The first kappa shape index (κ1) is 14.7. The number of nitrogens with one attached hydrogen (secondary N) is 1. The third-order valence-corrected chi connectivity index (χ3v) is 1.67. The first-order valence-corrected chi connectivity index (χ1v) is 4.95. The van der Waals surface area contributed by atoms with Crippen LogP contribution in [-0.4, -0.2) is 41.0 Å². The van der Waals surface area contributed by atoms with Gasteiger partial charge >= 0.3 is 12.0 Å². The molecule has 0 aliphatic heterocycles. The second-order valence-corrected chi connectivity index (χ2v) is 3.09. The molecular formula is C11H14N2O4. The van der Waals surface area contributed by atoms with E-state index in [9.17, 15) is 14.4 Å². The number of carbonyl (C=O) groups is 3. The van der Waals surface area contributed by atoms with Crippen LogP contribution in [0.25, 0.3) is 0 Å². The molecule has 0 atom stereocenters. The molecule has 0 saturated carbocycles. The second kappa shape index (κ2) is 7.93. The average Bonchev–Trinajstić information content (AvgIpc) is 2.26. The maximum atomic E-state index is 11.5. The summed E-state index contributed by atoms with van der Waals surface area (Å²) >= 11 is 0. The molecule has 3 amide bonds. The Kier molecular flexibility index (Phi) is 6.86. The fourth-order valence-electron chi connectivity index (χ4n) is 1.01. The number of rotatable bonds is 5. The summed E-state index contributed by atoms with van der Waals surface area (Å²) in [6.07, 6.45) is 7.19. The lowest BCUT2D eigenvalue weighted by molar-refractivity contribution is -0.131. The van der Waals surface area contributed by atoms with Crippen LogP contribution in [0.4, 0.5) is 4.79 Å². The van der Waals surface area contributed by atoms with E-state index in [-0.39, 0.29) is 6.54 Å². The van der Waals surface area contributed by atoms with E-state index >= 15 is 0 Å². The van der Waals surface area contributed by atoms with E-state index in [1.165, 1.54) is 4.90 Å². The van der Waals surface area contributed by atoms with E-state index in [1.54, 1.807) is 0 Å². The maximum Gasteiger partial charge on any atom is 0.328 e. The summed E-state index contributed by atoms with van der Waals surface area (Å²) in [6, 6.07) is -0.634. The number of hydrogen-bond acceptors (Lipinski definition) is 3. The van der Waals surface area contributed by atoms with Gasteiger partial charge < -0.3 is 10.0 Å². The summed E-state index contributed by atoms with van der Waals surface area (Å²) in [6.45, 7) is 2.38. The van der Waals surface area contributed by atoms with Crippen molar-refractivity contribution < 1.29 is 19.5 Å². The Balaban J connectivity index is 4.35. The highest BCUT2D eigenvalue weighted by atomic mass is 16.4. The van der Waals surface area contributed by atoms with Gasteiger partial charge in [-0.25, -0.2) is 9.59 Å². The van der Waals surface area contributed by atoms with Gasteiger partial charge in [-0.15, -0.1) is 6.42 Å². The van der Waals surface area contributed by atoms with Crippen LogP contribution >= 0.6 is 0 Å². The van der Waals surface area contributed by atoms with E-state index in [0.29, 0.717) is 19.0 Å². The molecule has 6 nitrogen and oxygen atoms in total. The zero-order valence-corrected chi connectivity index (χ0v) is 9.47. The first-order valence-electron chi connectivity index (χ1n) is 4.95. The van der Waals surface area contributed by atoms with Gasteiger partial charge in [-0.2, -0.15) is 0 Å². The van der Waals surface area contributed by atoms with E-state index in [1.807, 2.05) is 12.2 Å². The maximum absolute atomic E-state index is 11.5. The lowest BCUT2D eigenvalue weighted by Gasteiger charge is -2.18. The number of hydrogen-bond donors (Lipinski definition) is 2. The number of carbonyl (C=O) groups excluding carboxylic acids is 2. The van der Waals surface area contributed by atoms with Crippen LogP contribution in [0.5, 0.6) is 0 Å². The number of carboxylic acid groups (broad SMARTS) is 1. The van der Waals surface area contributed by atoms with Gasteiger partial charge in [0, 0.05) is 18.7 Å². The molecule has 0 bridgehead atoms. The van der Waals surface area contributed by atoms with Crippen LogP contribution in [0.1, 0.15) is 13.3 Å². The third-order valence-electron chi connectivity index (χ3n) is 1.67. The fourth-order valence-corrected chi connectivity index (χ4v) is 1.01. The lowest BCUT2D eigenvalue weighted by Crippen LogP contribution is -2.42. The Morgan fingerprint density at radius 2 is 2.06 bits per heavy atom. The summed E-state index contributed by atoms with van der Waals surface area (Å²) in [4.78, 5) is 34.0.